The minimum Gasteiger partial charge on any atom is -0.859 e. The zero-order chi connectivity index (χ0) is 12.4. The quantitative estimate of drug-likeness (QED) is 0.597. The molecule has 0 aliphatic heterocycles. The zero-order valence-electron chi connectivity index (χ0n) is 10.3. The summed E-state index contributed by atoms with van der Waals surface area (Å²) in [6.07, 6.45) is 0.696. The first-order valence-electron chi connectivity index (χ1n) is 5.25. The van der Waals surface area contributed by atoms with E-state index in [1.807, 2.05) is 19.1 Å². The molecule has 0 aliphatic carbocycles. The molecule has 0 aliphatic rings. The molecule has 2 aromatic rings. The molecule has 0 radical (unpaired) electrons. The molecule has 18 heavy (non-hydrogen) atoms. The van der Waals surface area contributed by atoms with Crippen LogP contribution in [0.2, 0.25) is 0 Å². The van der Waals surface area contributed by atoms with Crippen LogP contribution in [0, 0.1) is 0 Å². The monoisotopic (exact) mass is 270 g/mol. The van der Waals surface area contributed by atoms with Gasteiger partial charge in [0.25, 0.3) is 5.56 Å². The van der Waals surface area contributed by atoms with Crippen LogP contribution in [0.3, 0.4) is 0 Å². The normalized spacial score (nSPS) is 9.83. The molecule has 0 saturated carbocycles. The average molecular weight is 270 g/mol. The van der Waals surface area contributed by atoms with Gasteiger partial charge in [0.15, 0.2) is 0 Å². The van der Waals surface area contributed by atoms with Gasteiger partial charge < -0.3 is 5.11 Å². The van der Waals surface area contributed by atoms with E-state index in [0.717, 1.165) is 16.2 Å². The van der Waals surface area contributed by atoms with Crippen LogP contribution in [-0.2, 0) is 6.42 Å². The molecular formula is C12H11KN2O3. The van der Waals surface area contributed by atoms with Crippen molar-refractivity contribution in [1.82, 2.24) is 9.55 Å². The summed E-state index contributed by atoms with van der Waals surface area (Å²) in [5, 5.41) is 11.7. The average Bonchev–Trinajstić information content (AvgIpc) is 2.28. The first kappa shape index (κ1) is 15.4. The molecule has 0 bridgehead atoms. The van der Waals surface area contributed by atoms with Gasteiger partial charge in [-0.05, 0) is 23.9 Å². The van der Waals surface area contributed by atoms with Gasteiger partial charge in [-0.15, -0.1) is 0 Å². The molecule has 1 aromatic heterocycles. The summed E-state index contributed by atoms with van der Waals surface area (Å²) in [5.74, 6) is -0.611. The molecule has 0 saturated heterocycles. The largest absolute Gasteiger partial charge is 1.00 e. The number of nitrogens with zero attached hydrogens (tertiary/aromatic N) is 1. The maximum Gasteiger partial charge on any atom is 1.00 e. The number of aryl methyl sites for hydroxylation is 1. The van der Waals surface area contributed by atoms with Crippen molar-refractivity contribution in [2.75, 3.05) is 0 Å². The van der Waals surface area contributed by atoms with Crippen LogP contribution < -0.4 is 67.7 Å². The minimum absolute atomic E-state index is 0. The summed E-state index contributed by atoms with van der Waals surface area (Å²) in [6, 6.07) is 7.97. The third kappa shape index (κ3) is 3.01. The Morgan fingerprint density at radius 2 is 1.94 bits per heavy atom. The first-order chi connectivity index (χ1) is 8.13. The Labute approximate surface area is 146 Å². The number of hydrogen-bond donors (Lipinski definition) is 1. The molecule has 1 heterocycles. The van der Waals surface area contributed by atoms with Crippen molar-refractivity contribution >= 4 is 0 Å². The van der Waals surface area contributed by atoms with Gasteiger partial charge in [-0.2, -0.15) is 0 Å². The molecule has 6 heteroatoms. The van der Waals surface area contributed by atoms with Crippen LogP contribution in [0.5, 0.6) is 5.88 Å². The summed E-state index contributed by atoms with van der Waals surface area (Å²) in [4.78, 5) is 24.7. The summed E-state index contributed by atoms with van der Waals surface area (Å²) >= 11 is 0. The van der Waals surface area contributed by atoms with E-state index in [9.17, 15) is 14.7 Å². The minimum atomic E-state index is -0.705. The van der Waals surface area contributed by atoms with Crippen molar-refractivity contribution in [2.45, 2.75) is 13.3 Å². The van der Waals surface area contributed by atoms with Gasteiger partial charge in [0.2, 0.25) is 0 Å². The van der Waals surface area contributed by atoms with E-state index in [-0.39, 0.29) is 51.4 Å². The van der Waals surface area contributed by atoms with Crippen LogP contribution >= 0.6 is 0 Å². The Morgan fingerprint density at radius 1 is 1.28 bits per heavy atom. The van der Waals surface area contributed by atoms with Crippen molar-refractivity contribution in [1.29, 1.82) is 0 Å². The molecule has 0 atom stereocenters. The Morgan fingerprint density at radius 3 is 2.56 bits per heavy atom. The summed E-state index contributed by atoms with van der Waals surface area (Å²) in [6.45, 7) is 1.93. The van der Waals surface area contributed by atoms with Crippen LogP contribution in [-0.4, -0.2) is 9.55 Å². The number of rotatable bonds is 2. The standard InChI is InChI=1S/C12H12N2O3.K/c1-2-8-5-3-4-6-9(8)14-11(16)7-10(15)13-12(14)17;/h3-7,16H,2H2,1H3,(H,13,15,17);/q;+1/p-1. The van der Waals surface area contributed by atoms with Gasteiger partial charge in [-0.1, -0.05) is 25.1 Å². The first-order valence-corrected chi connectivity index (χ1v) is 5.25. The zero-order valence-corrected chi connectivity index (χ0v) is 13.4. The predicted octanol–water partition coefficient (Wildman–Crippen LogP) is -2.83. The Balaban J connectivity index is 0.00000162. The molecule has 0 unspecified atom stereocenters. The molecule has 2 rings (SSSR count). The Kier molecular flexibility index (Phi) is 5.55. The summed E-state index contributed by atoms with van der Waals surface area (Å²) in [7, 11) is 0. The predicted molar refractivity (Wildman–Crippen MR) is 61.5 cm³/mol. The fraction of sp³-hybridized carbons (Fsp3) is 0.167. The van der Waals surface area contributed by atoms with E-state index in [1.165, 1.54) is 0 Å². The van der Waals surface area contributed by atoms with E-state index in [0.29, 0.717) is 12.1 Å². The molecule has 1 N–H and O–H groups in total. The number of H-pyrrole nitrogens is 1. The Bertz CT molecular complexity index is 661. The number of nitrogens with one attached hydrogen (secondary N) is 1. The van der Waals surface area contributed by atoms with Crippen LogP contribution in [0.1, 0.15) is 12.5 Å². The van der Waals surface area contributed by atoms with E-state index in [1.54, 1.807) is 12.1 Å². The van der Waals surface area contributed by atoms with E-state index >= 15 is 0 Å². The summed E-state index contributed by atoms with van der Waals surface area (Å²) < 4.78 is 0.972. The third-order valence-corrected chi connectivity index (χ3v) is 2.52. The maximum absolute atomic E-state index is 11.7. The SMILES string of the molecule is CCc1ccccc1-n1c([O-])cc(=O)[nH]c1=O.[K+]. The molecule has 1 aromatic carbocycles. The van der Waals surface area contributed by atoms with Gasteiger partial charge in [-0.25, -0.2) is 4.79 Å². The second-order valence-electron chi connectivity index (χ2n) is 3.59. The van der Waals surface area contributed by atoms with Crippen molar-refractivity contribution in [2.24, 2.45) is 0 Å². The van der Waals surface area contributed by atoms with E-state index < -0.39 is 17.1 Å². The van der Waals surface area contributed by atoms with Gasteiger partial charge in [0.05, 0.1) is 5.69 Å². The number of para-hydroxylation sites is 1. The van der Waals surface area contributed by atoms with Crippen LogP contribution in [0.15, 0.2) is 39.9 Å². The number of benzene rings is 1. The van der Waals surface area contributed by atoms with Crippen molar-refractivity contribution in [3.63, 3.8) is 0 Å². The van der Waals surface area contributed by atoms with E-state index in [4.69, 9.17) is 0 Å². The van der Waals surface area contributed by atoms with Crippen LogP contribution in [0.4, 0.5) is 0 Å². The van der Waals surface area contributed by atoms with Crippen molar-refractivity contribution in [3.8, 4) is 11.6 Å². The fourth-order valence-electron chi connectivity index (χ4n) is 1.73. The molecule has 0 fully saturated rings. The van der Waals surface area contributed by atoms with E-state index in [2.05, 4.69) is 4.98 Å². The topological polar surface area (TPSA) is 77.9 Å². The maximum atomic E-state index is 11.7. The number of hydrogen-bond acceptors (Lipinski definition) is 3. The molecule has 88 valence electrons. The van der Waals surface area contributed by atoms with Gasteiger partial charge in [-0.3, -0.25) is 14.3 Å². The number of aromatic amines is 1. The fourth-order valence-corrected chi connectivity index (χ4v) is 1.73. The third-order valence-electron chi connectivity index (χ3n) is 2.52. The Hall–Kier alpha value is -0.664. The van der Waals surface area contributed by atoms with Gasteiger partial charge in [0, 0.05) is 6.07 Å². The van der Waals surface area contributed by atoms with Crippen molar-refractivity contribution in [3.05, 3.63) is 56.7 Å². The van der Waals surface area contributed by atoms with Gasteiger partial charge >= 0.3 is 57.1 Å². The molecule has 0 spiro atoms. The molecule has 0 amide bonds. The molecule has 5 nitrogen and oxygen atoms in total. The second kappa shape index (κ2) is 6.49. The second-order valence-corrected chi connectivity index (χ2v) is 3.59. The summed E-state index contributed by atoms with van der Waals surface area (Å²) in [5.41, 5.74) is 0.00799. The number of aromatic nitrogens is 2. The smallest absolute Gasteiger partial charge is 0.859 e. The molecular weight excluding hydrogens is 259 g/mol. The van der Waals surface area contributed by atoms with Crippen LogP contribution in [0.25, 0.3) is 5.69 Å². The van der Waals surface area contributed by atoms with Gasteiger partial charge in [0.1, 0.15) is 0 Å². The van der Waals surface area contributed by atoms with Crippen molar-refractivity contribution < 1.29 is 56.5 Å².